The SMILES string of the molecule is Cc1ccc2oc(-c3cc(N=Cc4ccc(Cl)cc4Cl)ccc3O)nc2c1. The molecule has 1 aromatic heterocycles. The van der Waals surface area contributed by atoms with Gasteiger partial charge in [-0.15, -0.1) is 0 Å². The van der Waals surface area contributed by atoms with Crippen LogP contribution in [0.4, 0.5) is 5.69 Å². The summed E-state index contributed by atoms with van der Waals surface area (Å²) in [6.45, 7) is 1.99. The first kappa shape index (κ1) is 17.6. The normalized spacial score (nSPS) is 11.5. The standard InChI is InChI=1S/C21H14Cl2N2O2/c1-12-2-7-20-18(8-12)25-21(27-20)16-10-15(5-6-19(16)26)24-11-13-3-4-14(22)9-17(13)23/h2-11,26H,1H3. The molecule has 0 bridgehead atoms. The first-order chi connectivity index (χ1) is 13.0. The van der Waals surface area contributed by atoms with Crippen LogP contribution in [0.1, 0.15) is 11.1 Å². The number of hydrogen-bond acceptors (Lipinski definition) is 4. The predicted octanol–water partition coefficient (Wildman–Crippen LogP) is 6.57. The first-order valence-electron chi connectivity index (χ1n) is 8.19. The van der Waals surface area contributed by atoms with E-state index in [1.54, 1.807) is 42.6 Å². The van der Waals surface area contributed by atoms with E-state index in [9.17, 15) is 5.11 Å². The molecule has 0 fully saturated rings. The van der Waals surface area contributed by atoms with Gasteiger partial charge in [0.15, 0.2) is 5.58 Å². The van der Waals surface area contributed by atoms with E-state index >= 15 is 0 Å². The summed E-state index contributed by atoms with van der Waals surface area (Å²) in [5.41, 5.74) is 4.34. The van der Waals surface area contributed by atoms with Crippen LogP contribution in [0.3, 0.4) is 0 Å². The lowest BCUT2D eigenvalue weighted by molar-refractivity contribution is 0.474. The fourth-order valence-electron chi connectivity index (χ4n) is 2.68. The highest BCUT2D eigenvalue weighted by molar-refractivity contribution is 6.36. The van der Waals surface area contributed by atoms with Gasteiger partial charge in [0.2, 0.25) is 5.89 Å². The van der Waals surface area contributed by atoms with Crippen molar-refractivity contribution < 1.29 is 9.52 Å². The molecule has 0 unspecified atom stereocenters. The largest absolute Gasteiger partial charge is 0.507 e. The van der Waals surface area contributed by atoms with E-state index in [1.807, 2.05) is 25.1 Å². The van der Waals surface area contributed by atoms with Crippen LogP contribution in [0.5, 0.6) is 5.75 Å². The summed E-state index contributed by atoms with van der Waals surface area (Å²) in [5.74, 6) is 0.413. The van der Waals surface area contributed by atoms with E-state index in [2.05, 4.69) is 9.98 Å². The quantitative estimate of drug-likeness (QED) is 0.398. The molecular formula is C21H14Cl2N2O2. The number of hydrogen-bond donors (Lipinski definition) is 1. The highest BCUT2D eigenvalue weighted by Gasteiger charge is 2.13. The van der Waals surface area contributed by atoms with Crippen LogP contribution < -0.4 is 0 Å². The molecule has 0 aliphatic carbocycles. The average molecular weight is 397 g/mol. The second kappa shape index (κ2) is 7.06. The lowest BCUT2D eigenvalue weighted by Crippen LogP contribution is -1.83. The number of aromatic hydroxyl groups is 1. The summed E-state index contributed by atoms with van der Waals surface area (Å²) in [6, 6.07) is 15.9. The lowest BCUT2D eigenvalue weighted by Gasteiger charge is -2.02. The molecule has 4 rings (SSSR count). The van der Waals surface area contributed by atoms with Crippen LogP contribution in [-0.4, -0.2) is 16.3 Å². The van der Waals surface area contributed by atoms with Crippen molar-refractivity contribution in [2.75, 3.05) is 0 Å². The third kappa shape index (κ3) is 3.68. The number of benzene rings is 3. The number of fused-ring (bicyclic) bond motifs is 1. The Hall–Kier alpha value is -2.82. The Balaban J connectivity index is 1.71. The maximum absolute atomic E-state index is 10.2. The van der Waals surface area contributed by atoms with Crippen LogP contribution in [0, 0.1) is 6.92 Å². The van der Waals surface area contributed by atoms with Crippen LogP contribution in [0.15, 0.2) is 64.0 Å². The summed E-state index contributed by atoms with van der Waals surface area (Å²) in [5, 5.41) is 11.3. The molecule has 0 spiro atoms. The number of aliphatic imine (C=N–C) groups is 1. The third-order valence-corrected chi connectivity index (χ3v) is 4.63. The summed E-state index contributed by atoms with van der Waals surface area (Å²) < 4.78 is 5.78. The first-order valence-corrected chi connectivity index (χ1v) is 8.95. The van der Waals surface area contributed by atoms with Gasteiger partial charge in [0, 0.05) is 16.8 Å². The van der Waals surface area contributed by atoms with Gasteiger partial charge in [-0.05, 0) is 55.0 Å². The summed E-state index contributed by atoms with van der Waals surface area (Å²) in [6.07, 6.45) is 1.64. The third-order valence-electron chi connectivity index (χ3n) is 4.07. The molecule has 6 heteroatoms. The van der Waals surface area contributed by atoms with Gasteiger partial charge in [0.05, 0.1) is 16.3 Å². The number of aromatic nitrogens is 1. The minimum absolute atomic E-state index is 0.0711. The number of rotatable bonds is 3. The van der Waals surface area contributed by atoms with Gasteiger partial charge in [-0.3, -0.25) is 4.99 Å². The summed E-state index contributed by atoms with van der Waals surface area (Å²) >= 11 is 12.1. The van der Waals surface area contributed by atoms with Crippen molar-refractivity contribution in [3.63, 3.8) is 0 Å². The van der Waals surface area contributed by atoms with Gasteiger partial charge < -0.3 is 9.52 Å². The molecule has 0 saturated carbocycles. The Kier molecular flexibility index (Phi) is 4.60. The van der Waals surface area contributed by atoms with E-state index in [-0.39, 0.29) is 5.75 Å². The molecule has 4 nitrogen and oxygen atoms in total. The number of halogens is 2. The van der Waals surface area contributed by atoms with E-state index in [4.69, 9.17) is 27.6 Å². The maximum Gasteiger partial charge on any atom is 0.231 e. The smallest absolute Gasteiger partial charge is 0.231 e. The predicted molar refractivity (Wildman–Crippen MR) is 110 cm³/mol. The Morgan fingerprint density at radius 3 is 2.70 bits per heavy atom. The zero-order valence-electron chi connectivity index (χ0n) is 14.3. The van der Waals surface area contributed by atoms with Crippen molar-refractivity contribution in [2.24, 2.45) is 4.99 Å². The van der Waals surface area contributed by atoms with Crippen LogP contribution in [0.25, 0.3) is 22.6 Å². The number of phenolic OH excluding ortho intramolecular Hbond substituents is 1. The fourth-order valence-corrected chi connectivity index (χ4v) is 3.14. The number of oxazole rings is 1. The molecule has 0 amide bonds. The molecule has 27 heavy (non-hydrogen) atoms. The summed E-state index contributed by atoms with van der Waals surface area (Å²) in [4.78, 5) is 8.90. The second-order valence-corrected chi connectivity index (χ2v) is 6.96. The van der Waals surface area contributed by atoms with Crippen molar-refractivity contribution in [3.05, 3.63) is 75.8 Å². The number of aryl methyl sites for hydroxylation is 1. The highest BCUT2D eigenvalue weighted by Crippen LogP contribution is 2.34. The molecule has 134 valence electrons. The monoisotopic (exact) mass is 396 g/mol. The van der Waals surface area contributed by atoms with Gasteiger partial charge in [-0.1, -0.05) is 35.3 Å². The van der Waals surface area contributed by atoms with Gasteiger partial charge in [0.1, 0.15) is 11.3 Å². The Morgan fingerprint density at radius 1 is 1.04 bits per heavy atom. The van der Waals surface area contributed by atoms with Crippen LogP contribution in [0.2, 0.25) is 10.0 Å². The van der Waals surface area contributed by atoms with E-state index in [1.165, 1.54) is 0 Å². The minimum atomic E-state index is 0.0711. The zero-order valence-corrected chi connectivity index (χ0v) is 15.8. The molecular weight excluding hydrogens is 383 g/mol. The van der Waals surface area contributed by atoms with E-state index in [0.717, 1.165) is 16.6 Å². The second-order valence-electron chi connectivity index (χ2n) is 6.12. The van der Waals surface area contributed by atoms with Crippen molar-refractivity contribution in [1.82, 2.24) is 4.98 Å². The summed E-state index contributed by atoms with van der Waals surface area (Å²) in [7, 11) is 0. The van der Waals surface area contributed by atoms with Crippen molar-refractivity contribution in [3.8, 4) is 17.2 Å². The maximum atomic E-state index is 10.2. The Bertz CT molecular complexity index is 1180. The van der Waals surface area contributed by atoms with E-state index < -0.39 is 0 Å². The van der Waals surface area contributed by atoms with Crippen molar-refractivity contribution in [1.29, 1.82) is 0 Å². The molecule has 4 aromatic rings. The molecule has 0 saturated heterocycles. The van der Waals surface area contributed by atoms with Crippen molar-refractivity contribution in [2.45, 2.75) is 6.92 Å². The fraction of sp³-hybridized carbons (Fsp3) is 0.0476. The molecule has 1 N–H and O–H groups in total. The molecule has 3 aromatic carbocycles. The molecule has 0 radical (unpaired) electrons. The number of nitrogens with zero attached hydrogens (tertiary/aromatic N) is 2. The van der Waals surface area contributed by atoms with Gasteiger partial charge in [0.25, 0.3) is 0 Å². The van der Waals surface area contributed by atoms with E-state index in [0.29, 0.717) is 32.8 Å². The molecule has 0 aliphatic rings. The minimum Gasteiger partial charge on any atom is -0.507 e. The van der Waals surface area contributed by atoms with Crippen molar-refractivity contribution >= 4 is 46.2 Å². The average Bonchev–Trinajstić information content (AvgIpc) is 3.05. The number of phenols is 1. The topological polar surface area (TPSA) is 58.6 Å². The Labute approximate surface area is 165 Å². The zero-order chi connectivity index (χ0) is 19.0. The van der Waals surface area contributed by atoms with Crippen LogP contribution in [-0.2, 0) is 0 Å². The van der Waals surface area contributed by atoms with Crippen LogP contribution >= 0.6 is 23.2 Å². The van der Waals surface area contributed by atoms with Gasteiger partial charge in [-0.25, -0.2) is 4.98 Å². The lowest BCUT2D eigenvalue weighted by atomic mass is 10.1. The van der Waals surface area contributed by atoms with Gasteiger partial charge in [-0.2, -0.15) is 0 Å². The molecule has 0 aliphatic heterocycles. The Morgan fingerprint density at radius 2 is 1.89 bits per heavy atom. The molecule has 1 heterocycles. The highest BCUT2D eigenvalue weighted by atomic mass is 35.5. The van der Waals surface area contributed by atoms with Gasteiger partial charge >= 0.3 is 0 Å². The molecule has 0 atom stereocenters.